The molecule has 0 fully saturated rings. The quantitative estimate of drug-likeness (QED) is 0.692. The first-order valence-corrected chi connectivity index (χ1v) is 8.56. The van der Waals surface area contributed by atoms with Gasteiger partial charge in [0.05, 0.1) is 12.6 Å². The Balaban J connectivity index is 1.80. The third-order valence-electron chi connectivity index (χ3n) is 3.81. The van der Waals surface area contributed by atoms with Crippen LogP contribution in [0.25, 0.3) is 0 Å². The molecule has 0 saturated carbocycles. The van der Waals surface area contributed by atoms with Crippen LogP contribution in [-0.2, 0) is 4.79 Å². The summed E-state index contributed by atoms with van der Waals surface area (Å²) in [7, 11) is 0. The number of carbonyl (C=O) groups excluding carboxylic acids is 2. The molecule has 2 aromatic carbocycles. The summed E-state index contributed by atoms with van der Waals surface area (Å²) in [6.07, 6.45) is 0.905. The summed E-state index contributed by atoms with van der Waals surface area (Å²) < 4.78 is 0. The zero-order valence-electron chi connectivity index (χ0n) is 14.7. The molecule has 0 aliphatic rings. The number of rotatable bonds is 8. The Kier molecular flexibility index (Phi) is 7.01. The van der Waals surface area contributed by atoms with Crippen molar-refractivity contribution in [3.63, 3.8) is 0 Å². The van der Waals surface area contributed by atoms with E-state index in [9.17, 15) is 9.59 Å². The molecule has 2 aromatic rings. The highest BCUT2D eigenvalue weighted by atomic mass is 16.2. The van der Waals surface area contributed by atoms with Crippen LogP contribution in [0, 0.1) is 0 Å². The molecule has 0 radical (unpaired) electrons. The Hall–Kier alpha value is -2.82. The van der Waals surface area contributed by atoms with Gasteiger partial charge in [-0.2, -0.15) is 0 Å². The summed E-state index contributed by atoms with van der Waals surface area (Å²) in [5.41, 5.74) is 2.48. The van der Waals surface area contributed by atoms with Gasteiger partial charge >= 0.3 is 0 Å². The maximum atomic E-state index is 12.1. The number of hydrogen-bond donors (Lipinski definition) is 3. The highest BCUT2D eigenvalue weighted by molar-refractivity contribution is 5.94. The fourth-order valence-corrected chi connectivity index (χ4v) is 2.38. The van der Waals surface area contributed by atoms with Gasteiger partial charge in [-0.3, -0.25) is 9.59 Å². The maximum Gasteiger partial charge on any atom is 0.251 e. The van der Waals surface area contributed by atoms with E-state index in [4.69, 9.17) is 0 Å². The zero-order chi connectivity index (χ0) is 18.1. The Labute approximate surface area is 148 Å². The van der Waals surface area contributed by atoms with E-state index < -0.39 is 0 Å². The van der Waals surface area contributed by atoms with Gasteiger partial charge in [-0.15, -0.1) is 0 Å². The van der Waals surface area contributed by atoms with Crippen molar-refractivity contribution < 1.29 is 9.59 Å². The Morgan fingerprint density at radius 2 is 1.68 bits per heavy atom. The van der Waals surface area contributed by atoms with Gasteiger partial charge in [0.2, 0.25) is 5.91 Å². The van der Waals surface area contributed by atoms with E-state index in [1.165, 1.54) is 0 Å². The van der Waals surface area contributed by atoms with Crippen LogP contribution in [0.4, 0.5) is 5.69 Å². The minimum Gasteiger partial charge on any atom is -0.376 e. The molecular formula is C20H25N3O2. The maximum absolute atomic E-state index is 12.1. The number of anilines is 1. The number of amides is 2. The highest BCUT2D eigenvalue weighted by Gasteiger charge is 2.09. The largest absolute Gasteiger partial charge is 0.376 e. The van der Waals surface area contributed by atoms with Crippen LogP contribution < -0.4 is 16.0 Å². The van der Waals surface area contributed by atoms with Crippen LogP contribution in [0.15, 0.2) is 54.6 Å². The lowest BCUT2D eigenvalue weighted by molar-refractivity contribution is -0.120. The zero-order valence-corrected chi connectivity index (χ0v) is 14.7. The topological polar surface area (TPSA) is 70.2 Å². The minimum atomic E-state index is -0.0823. The van der Waals surface area contributed by atoms with E-state index in [1.807, 2.05) is 44.2 Å². The van der Waals surface area contributed by atoms with Crippen molar-refractivity contribution >= 4 is 17.5 Å². The minimum absolute atomic E-state index is 0.0415. The second kappa shape index (κ2) is 9.47. The molecule has 1 unspecified atom stereocenters. The van der Waals surface area contributed by atoms with Crippen molar-refractivity contribution in [2.45, 2.75) is 26.3 Å². The lowest BCUT2D eigenvalue weighted by atomic mass is 10.1. The monoisotopic (exact) mass is 339 g/mol. The predicted octanol–water partition coefficient (Wildman–Crippen LogP) is 3.12. The Morgan fingerprint density at radius 3 is 2.32 bits per heavy atom. The average molecular weight is 339 g/mol. The molecule has 132 valence electrons. The van der Waals surface area contributed by atoms with Crippen molar-refractivity contribution in [3.05, 3.63) is 65.7 Å². The standard InChI is InChI=1S/C20H25N3O2/c1-3-13-21-20(25)17-9-11-18(12-10-17)22-14-19(24)23-15(2)16-7-5-4-6-8-16/h4-12,15,22H,3,13-14H2,1-2H3,(H,21,25)(H,23,24). The summed E-state index contributed by atoms with van der Waals surface area (Å²) >= 11 is 0. The molecule has 2 amide bonds. The molecule has 3 N–H and O–H groups in total. The molecule has 0 saturated heterocycles. The third kappa shape index (κ3) is 5.95. The number of hydrogen-bond acceptors (Lipinski definition) is 3. The first kappa shape index (κ1) is 18.5. The summed E-state index contributed by atoms with van der Waals surface area (Å²) in [5.74, 6) is -0.163. The third-order valence-corrected chi connectivity index (χ3v) is 3.81. The Bertz CT molecular complexity index is 684. The Morgan fingerprint density at radius 1 is 1.00 bits per heavy atom. The van der Waals surface area contributed by atoms with Gasteiger partial charge in [0.25, 0.3) is 5.91 Å². The second-order valence-electron chi connectivity index (χ2n) is 5.89. The van der Waals surface area contributed by atoms with Crippen LogP contribution in [-0.4, -0.2) is 24.9 Å². The van der Waals surface area contributed by atoms with Crippen LogP contribution >= 0.6 is 0 Å². The molecule has 0 aromatic heterocycles. The molecule has 0 aliphatic heterocycles. The lowest BCUT2D eigenvalue weighted by Gasteiger charge is -2.15. The van der Waals surface area contributed by atoms with E-state index in [1.54, 1.807) is 24.3 Å². The van der Waals surface area contributed by atoms with Gasteiger partial charge in [-0.25, -0.2) is 0 Å². The van der Waals surface area contributed by atoms with Gasteiger partial charge < -0.3 is 16.0 Å². The highest BCUT2D eigenvalue weighted by Crippen LogP contribution is 2.12. The van der Waals surface area contributed by atoms with Crippen molar-refractivity contribution in [1.29, 1.82) is 0 Å². The molecule has 0 aliphatic carbocycles. The van der Waals surface area contributed by atoms with Crippen molar-refractivity contribution in [1.82, 2.24) is 10.6 Å². The van der Waals surface area contributed by atoms with Gasteiger partial charge in [-0.05, 0) is 43.2 Å². The average Bonchev–Trinajstić information content (AvgIpc) is 2.65. The number of carbonyl (C=O) groups is 2. The van der Waals surface area contributed by atoms with Gasteiger partial charge in [0, 0.05) is 17.8 Å². The van der Waals surface area contributed by atoms with Crippen LogP contribution in [0.2, 0.25) is 0 Å². The van der Waals surface area contributed by atoms with Gasteiger partial charge in [0.15, 0.2) is 0 Å². The summed E-state index contributed by atoms with van der Waals surface area (Å²) in [5, 5.41) is 8.85. The van der Waals surface area contributed by atoms with E-state index >= 15 is 0 Å². The van der Waals surface area contributed by atoms with Gasteiger partial charge in [-0.1, -0.05) is 37.3 Å². The molecule has 1 atom stereocenters. The second-order valence-corrected chi connectivity index (χ2v) is 5.89. The van der Waals surface area contributed by atoms with Crippen LogP contribution in [0.1, 0.15) is 42.2 Å². The van der Waals surface area contributed by atoms with Crippen molar-refractivity contribution in [3.8, 4) is 0 Å². The van der Waals surface area contributed by atoms with Crippen LogP contribution in [0.3, 0.4) is 0 Å². The summed E-state index contributed by atoms with van der Waals surface area (Å²) in [6.45, 7) is 4.81. The van der Waals surface area contributed by atoms with Crippen LogP contribution in [0.5, 0.6) is 0 Å². The smallest absolute Gasteiger partial charge is 0.251 e. The van der Waals surface area contributed by atoms with Crippen molar-refractivity contribution in [2.24, 2.45) is 0 Å². The molecule has 0 bridgehead atoms. The van der Waals surface area contributed by atoms with Crippen molar-refractivity contribution in [2.75, 3.05) is 18.4 Å². The fraction of sp³-hybridized carbons (Fsp3) is 0.300. The van der Waals surface area contributed by atoms with E-state index in [-0.39, 0.29) is 24.4 Å². The van der Waals surface area contributed by atoms with E-state index in [2.05, 4.69) is 16.0 Å². The first-order valence-electron chi connectivity index (χ1n) is 8.56. The molecule has 5 heteroatoms. The molecular weight excluding hydrogens is 314 g/mol. The van der Waals surface area contributed by atoms with E-state index in [0.29, 0.717) is 12.1 Å². The molecule has 2 rings (SSSR count). The number of nitrogens with one attached hydrogen (secondary N) is 3. The number of benzene rings is 2. The molecule has 25 heavy (non-hydrogen) atoms. The predicted molar refractivity (Wildman–Crippen MR) is 101 cm³/mol. The first-order chi connectivity index (χ1) is 12.1. The fourth-order valence-electron chi connectivity index (χ4n) is 2.38. The summed E-state index contributed by atoms with van der Waals surface area (Å²) in [4.78, 5) is 23.9. The molecule has 5 nitrogen and oxygen atoms in total. The lowest BCUT2D eigenvalue weighted by Crippen LogP contribution is -2.32. The SMILES string of the molecule is CCCNC(=O)c1ccc(NCC(=O)NC(C)c2ccccc2)cc1. The van der Waals surface area contributed by atoms with Gasteiger partial charge in [0.1, 0.15) is 0 Å². The van der Waals surface area contributed by atoms with E-state index in [0.717, 1.165) is 17.7 Å². The summed E-state index contributed by atoms with van der Waals surface area (Å²) in [6, 6.07) is 16.9. The molecule has 0 heterocycles. The normalized spacial score (nSPS) is 11.4. The molecule has 0 spiro atoms.